The third kappa shape index (κ3) is 4.76. The van der Waals surface area contributed by atoms with Gasteiger partial charge in [-0.3, -0.25) is 9.78 Å². The van der Waals surface area contributed by atoms with Crippen LogP contribution in [-0.2, 0) is 14.8 Å². The van der Waals surface area contributed by atoms with Crippen LogP contribution in [0.4, 0.5) is 5.13 Å². The molecule has 2 aromatic heterocycles. The lowest BCUT2D eigenvalue weighted by Crippen LogP contribution is -2.35. The minimum atomic E-state index is -3.78. The van der Waals surface area contributed by atoms with Gasteiger partial charge in [0, 0.05) is 35.3 Å². The molecule has 2 heterocycles. The lowest BCUT2D eigenvalue weighted by Gasteiger charge is -2.16. The summed E-state index contributed by atoms with van der Waals surface area (Å²) < 4.78 is 25.9. The summed E-state index contributed by atoms with van der Waals surface area (Å²) in [7, 11) is -2.43. The second-order valence-corrected chi connectivity index (χ2v) is 9.55. The first-order chi connectivity index (χ1) is 13.4. The van der Waals surface area contributed by atoms with Gasteiger partial charge in [0.1, 0.15) is 4.90 Å². The van der Waals surface area contributed by atoms with E-state index in [-0.39, 0.29) is 11.4 Å². The monoisotopic (exact) mass is 434 g/mol. The number of thioether (sulfide) groups is 1. The van der Waals surface area contributed by atoms with Gasteiger partial charge < -0.3 is 5.32 Å². The minimum absolute atomic E-state index is 0.0375. The second kappa shape index (κ2) is 8.82. The average Bonchev–Trinajstić information content (AvgIpc) is 3.17. The number of thiazole rings is 1. The lowest BCUT2D eigenvalue weighted by molar-refractivity contribution is -0.116. The Labute approximate surface area is 171 Å². The van der Waals surface area contributed by atoms with Gasteiger partial charge in [0.05, 0.1) is 12.2 Å². The van der Waals surface area contributed by atoms with E-state index < -0.39 is 15.9 Å². The molecule has 1 N–H and O–H groups in total. The number of aromatic nitrogens is 2. The Hall–Kier alpha value is -2.27. The van der Waals surface area contributed by atoms with Gasteiger partial charge in [-0.1, -0.05) is 12.1 Å². The summed E-state index contributed by atoms with van der Waals surface area (Å²) in [4.78, 5) is 21.7. The van der Waals surface area contributed by atoms with Crippen LogP contribution in [0.5, 0.6) is 0 Å². The molecule has 0 aliphatic heterocycles. The van der Waals surface area contributed by atoms with E-state index in [2.05, 4.69) is 15.3 Å². The fraction of sp³-hybridized carbons (Fsp3) is 0.167. The van der Waals surface area contributed by atoms with E-state index in [4.69, 9.17) is 0 Å². The molecular formula is C18H18N4O3S3. The zero-order valence-electron chi connectivity index (χ0n) is 15.2. The third-order valence-electron chi connectivity index (χ3n) is 3.85. The van der Waals surface area contributed by atoms with E-state index in [0.717, 1.165) is 20.5 Å². The molecular weight excluding hydrogens is 416 g/mol. The zero-order chi connectivity index (χ0) is 20.1. The molecule has 0 saturated carbocycles. The number of amides is 1. The Morgan fingerprint density at radius 2 is 2.00 bits per heavy atom. The van der Waals surface area contributed by atoms with Crippen LogP contribution in [0.15, 0.2) is 64.0 Å². The maximum absolute atomic E-state index is 12.5. The predicted octanol–water partition coefficient (Wildman–Crippen LogP) is 3.19. The van der Waals surface area contributed by atoms with Gasteiger partial charge in [0.25, 0.3) is 0 Å². The summed E-state index contributed by atoms with van der Waals surface area (Å²) in [6.07, 6.45) is 4.75. The molecule has 28 heavy (non-hydrogen) atoms. The Balaban J connectivity index is 1.64. The molecule has 0 radical (unpaired) electrons. The number of hydrogen-bond donors (Lipinski definition) is 1. The normalized spacial score (nSPS) is 11.5. The molecule has 0 fully saturated rings. The van der Waals surface area contributed by atoms with Crippen molar-refractivity contribution in [2.45, 2.75) is 9.79 Å². The molecule has 0 bridgehead atoms. The fourth-order valence-electron chi connectivity index (χ4n) is 2.35. The van der Waals surface area contributed by atoms with Gasteiger partial charge in [-0.25, -0.2) is 13.4 Å². The number of nitrogens with one attached hydrogen (secondary N) is 1. The van der Waals surface area contributed by atoms with Crippen LogP contribution in [0.1, 0.15) is 0 Å². The molecule has 10 heteroatoms. The summed E-state index contributed by atoms with van der Waals surface area (Å²) in [6, 6.07) is 10.9. The average molecular weight is 435 g/mol. The Morgan fingerprint density at radius 1 is 1.25 bits per heavy atom. The van der Waals surface area contributed by atoms with Crippen molar-refractivity contribution in [3.05, 3.63) is 54.2 Å². The molecule has 0 saturated heterocycles. The number of sulfonamides is 1. The first-order valence-corrected chi connectivity index (χ1v) is 11.7. The Bertz CT molecular complexity index is 1050. The number of anilines is 1. The fourth-order valence-corrected chi connectivity index (χ4v) is 4.59. The van der Waals surface area contributed by atoms with Crippen LogP contribution in [0, 0.1) is 0 Å². The van der Waals surface area contributed by atoms with Crippen LogP contribution < -0.4 is 5.32 Å². The van der Waals surface area contributed by atoms with Crippen LogP contribution in [0.2, 0.25) is 0 Å². The first kappa shape index (κ1) is 20.5. The molecule has 3 rings (SSSR count). The van der Waals surface area contributed by atoms with Gasteiger partial charge in [-0.2, -0.15) is 4.31 Å². The van der Waals surface area contributed by atoms with Crippen molar-refractivity contribution in [2.75, 3.05) is 25.2 Å². The van der Waals surface area contributed by atoms with Crippen LogP contribution in [0.25, 0.3) is 11.3 Å². The van der Waals surface area contributed by atoms with Crippen molar-refractivity contribution < 1.29 is 13.2 Å². The predicted molar refractivity (Wildman–Crippen MR) is 112 cm³/mol. The van der Waals surface area contributed by atoms with E-state index in [1.807, 2.05) is 35.9 Å². The molecule has 146 valence electrons. The van der Waals surface area contributed by atoms with Gasteiger partial charge in [-0.15, -0.1) is 23.1 Å². The van der Waals surface area contributed by atoms with Crippen LogP contribution in [0.3, 0.4) is 0 Å². The second-order valence-electron chi connectivity index (χ2n) is 5.76. The van der Waals surface area contributed by atoms with Crippen LogP contribution in [-0.4, -0.2) is 48.4 Å². The molecule has 0 aliphatic rings. The Kier molecular flexibility index (Phi) is 6.45. The van der Waals surface area contributed by atoms with Crippen molar-refractivity contribution >= 4 is 44.2 Å². The summed E-state index contributed by atoms with van der Waals surface area (Å²) in [5, 5.41) is 4.92. The Morgan fingerprint density at radius 3 is 2.64 bits per heavy atom. The maximum atomic E-state index is 12.5. The highest BCUT2D eigenvalue weighted by molar-refractivity contribution is 7.98. The molecule has 7 nitrogen and oxygen atoms in total. The number of pyridine rings is 1. The topological polar surface area (TPSA) is 92.3 Å². The van der Waals surface area contributed by atoms with Gasteiger partial charge in [0.2, 0.25) is 15.9 Å². The molecule has 0 spiro atoms. The van der Waals surface area contributed by atoms with Crippen molar-refractivity contribution in [1.29, 1.82) is 0 Å². The van der Waals surface area contributed by atoms with Crippen molar-refractivity contribution in [3.8, 4) is 11.3 Å². The zero-order valence-corrected chi connectivity index (χ0v) is 17.6. The number of nitrogens with zero attached hydrogens (tertiary/aromatic N) is 3. The summed E-state index contributed by atoms with van der Waals surface area (Å²) in [6.45, 7) is -0.325. The lowest BCUT2D eigenvalue weighted by atomic mass is 10.2. The first-order valence-electron chi connectivity index (χ1n) is 8.16. The van der Waals surface area contributed by atoms with Gasteiger partial charge in [0.15, 0.2) is 5.13 Å². The molecule has 3 aromatic rings. The highest BCUT2D eigenvalue weighted by Gasteiger charge is 2.23. The number of likely N-dealkylation sites (N-methyl/N-ethyl adjacent to an activating group) is 1. The van der Waals surface area contributed by atoms with Gasteiger partial charge in [-0.05, 0) is 30.5 Å². The standard InChI is InChI=1S/C18H18N4O3S3/c1-22(28(24,25)15-4-3-9-19-10-15)11-17(23)21-18-20-16(12-27-18)13-5-7-14(26-2)8-6-13/h3-10,12H,11H2,1-2H3,(H,20,21,23). The third-order valence-corrected chi connectivity index (χ3v) is 7.13. The maximum Gasteiger partial charge on any atom is 0.244 e. The summed E-state index contributed by atoms with van der Waals surface area (Å²) in [5.74, 6) is -0.464. The largest absolute Gasteiger partial charge is 0.301 e. The SMILES string of the molecule is CSc1ccc(-c2csc(NC(=O)CN(C)S(=O)(=O)c3cccnc3)n2)cc1. The quantitative estimate of drug-likeness (QED) is 0.574. The highest BCUT2D eigenvalue weighted by atomic mass is 32.2. The number of hydrogen-bond acceptors (Lipinski definition) is 7. The van der Waals surface area contributed by atoms with E-state index >= 15 is 0 Å². The summed E-state index contributed by atoms with van der Waals surface area (Å²) >= 11 is 2.95. The van der Waals surface area contributed by atoms with E-state index in [1.54, 1.807) is 11.8 Å². The van der Waals surface area contributed by atoms with Gasteiger partial charge >= 0.3 is 0 Å². The van der Waals surface area contributed by atoms with Crippen LogP contribution >= 0.6 is 23.1 Å². The van der Waals surface area contributed by atoms with E-state index in [1.165, 1.54) is 42.9 Å². The molecule has 1 amide bonds. The number of rotatable bonds is 7. The molecule has 0 unspecified atom stereocenters. The van der Waals surface area contributed by atoms with Crippen molar-refractivity contribution in [3.63, 3.8) is 0 Å². The van der Waals surface area contributed by atoms with Crippen molar-refractivity contribution in [2.24, 2.45) is 0 Å². The summed E-state index contributed by atoms with van der Waals surface area (Å²) in [5.41, 5.74) is 1.70. The molecule has 0 aliphatic carbocycles. The smallest absolute Gasteiger partial charge is 0.244 e. The van der Waals surface area contributed by atoms with E-state index in [0.29, 0.717) is 5.13 Å². The highest BCUT2D eigenvalue weighted by Crippen LogP contribution is 2.26. The number of benzene rings is 1. The van der Waals surface area contributed by atoms with Crippen molar-refractivity contribution in [1.82, 2.24) is 14.3 Å². The molecule has 0 atom stereocenters. The number of carbonyl (C=O) groups excluding carboxylic acids is 1. The van der Waals surface area contributed by atoms with E-state index in [9.17, 15) is 13.2 Å². The number of carbonyl (C=O) groups is 1. The molecule has 1 aromatic carbocycles. The minimum Gasteiger partial charge on any atom is -0.301 e.